The maximum Gasteiger partial charge on any atom is 0.227 e. The van der Waals surface area contributed by atoms with E-state index in [0.29, 0.717) is 18.9 Å². The Balaban J connectivity index is 0.00000300. The van der Waals surface area contributed by atoms with Gasteiger partial charge < -0.3 is 15.5 Å². The van der Waals surface area contributed by atoms with Crippen molar-refractivity contribution in [3.05, 3.63) is 65.7 Å². The predicted octanol–water partition coefficient (Wildman–Crippen LogP) is 4.29. The maximum absolute atomic E-state index is 11.9. The van der Waals surface area contributed by atoms with Gasteiger partial charge in [0.25, 0.3) is 0 Å². The van der Waals surface area contributed by atoms with Crippen molar-refractivity contribution in [1.82, 2.24) is 10.6 Å². The van der Waals surface area contributed by atoms with Crippen LogP contribution in [0.1, 0.15) is 43.2 Å². The molecule has 2 N–H and O–H groups in total. The molecule has 2 aromatic carbocycles. The molecule has 0 aliphatic carbocycles. The molecule has 1 amide bonds. The Kier molecular flexibility index (Phi) is 9.44. The molecule has 1 aliphatic rings. The van der Waals surface area contributed by atoms with Gasteiger partial charge in [0, 0.05) is 44.7 Å². The van der Waals surface area contributed by atoms with Gasteiger partial charge in [-0.15, -0.1) is 24.0 Å². The topological polar surface area (TPSA) is 56.7 Å². The first-order chi connectivity index (χ1) is 13.7. The molecule has 6 heteroatoms. The fraction of sp³-hybridized carbons (Fsp3) is 0.391. The summed E-state index contributed by atoms with van der Waals surface area (Å²) in [6, 6.07) is 18.8. The van der Waals surface area contributed by atoms with Crippen LogP contribution in [0.3, 0.4) is 0 Å². The van der Waals surface area contributed by atoms with Crippen LogP contribution in [0.2, 0.25) is 0 Å². The highest BCUT2D eigenvalue weighted by Crippen LogP contribution is 2.21. The molecule has 3 rings (SSSR count). The summed E-state index contributed by atoms with van der Waals surface area (Å²) >= 11 is 0. The highest BCUT2D eigenvalue weighted by molar-refractivity contribution is 14.0. The molecule has 1 fully saturated rings. The van der Waals surface area contributed by atoms with E-state index in [1.807, 2.05) is 17.0 Å². The van der Waals surface area contributed by atoms with Crippen molar-refractivity contribution < 1.29 is 4.79 Å². The molecule has 0 saturated carbocycles. The molecule has 0 bridgehead atoms. The van der Waals surface area contributed by atoms with Crippen molar-refractivity contribution in [3.8, 4) is 0 Å². The molecule has 1 atom stereocenters. The van der Waals surface area contributed by atoms with Crippen molar-refractivity contribution in [1.29, 1.82) is 0 Å². The van der Waals surface area contributed by atoms with Gasteiger partial charge in [-0.1, -0.05) is 49.4 Å². The number of hydrogen-bond acceptors (Lipinski definition) is 2. The molecule has 0 spiro atoms. The Morgan fingerprint density at radius 1 is 1.10 bits per heavy atom. The molecular formula is C23H31IN4O. The zero-order valence-corrected chi connectivity index (χ0v) is 19.6. The number of guanidine groups is 1. The quantitative estimate of drug-likeness (QED) is 0.335. The van der Waals surface area contributed by atoms with Crippen LogP contribution in [-0.4, -0.2) is 32.0 Å². The minimum atomic E-state index is 0. The van der Waals surface area contributed by atoms with Gasteiger partial charge in [0.15, 0.2) is 5.96 Å². The van der Waals surface area contributed by atoms with E-state index in [4.69, 9.17) is 0 Å². The number of nitrogens with one attached hydrogen (secondary N) is 2. The fourth-order valence-electron chi connectivity index (χ4n) is 3.56. The van der Waals surface area contributed by atoms with Crippen molar-refractivity contribution in [2.45, 2.75) is 38.6 Å². The van der Waals surface area contributed by atoms with E-state index in [1.54, 1.807) is 7.05 Å². The molecule has 0 aromatic heterocycles. The van der Waals surface area contributed by atoms with Gasteiger partial charge in [0.1, 0.15) is 0 Å². The Labute approximate surface area is 191 Å². The number of carbonyl (C=O) groups is 1. The second-order valence-corrected chi connectivity index (χ2v) is 7.14. The summed E-state index contributed by atoms with van der Waals surface area (Å²) in [6.45, 7) is 4.57. The summed E-state index contributed by atoms with van der Waals surface area (Å²) < 4.78 is 0. The third kappa shape index (κ3) is 6.45. The Morgan fingerprint density at radius 3 is 2.41 bits per heavy atom. The third-order valence-electron chi connectivity index (χ3n) is 5.28. The van der Waals surface area contributed by atoms with Gasteiger partial charge in [0.2, 0.25) is 5.91 Å². The summed E-state index contributed by atoms with van der Waals surface area (Å²) in [5, 5.41) is 6.81. The maximum atomic E-state index is 11.9. The van der Waals surface area contributed by atoms with Crippen LogP contribution in [0.25, 0.3) is 0 Å². The SMILES string of the molecule is CCC(CNC(=NC)NCc1ccc(N2CCCC2=O)cc1)c1ccccc1.I. The molecule has 1 heterocycles. The van der Waals surface area contributed by atoms with Gasteiger partial charge in [0.05, 0.1) is 0 Å². The Hall–Kier alpha value is -2.09. The molecular weight excluding hydrogens is 475 g/mol. The number of aliphatic imine (C=N–C) groups is 1. The molecule has 1 saturated heterocycles. The van der Waals surface area contributed by atoms with Gasteiger partial charge >= 0.3 is 0 Å². The van der Waals surface area contributed by atoms with E-state index in [9.17, 15) is 4.79 Å². The lowest BCUT2D eigenvalue weighted by Gasteiger charge is -2.19. The number of nitrogens with zero attached hydrogens (tertiary/aromatic N) is 2. The minimum absolute atomic E-state index is 0. The number of rotatable bonds is 7. The van der Waals surface area contributed by atoms with Gasteiger partial charge in [-0.05, 0) is 36.1 Å². The number of anilines is 1. The predicted molar refractivity (Wildman–Crippen MR) is 131 cm³/mol. The fourth-order valence-corrected chi connectivity index (χ4v) is 3.56. The van der Waals surface area contributed by atoms with Crippen molar-refractivity contribution in [2.24, 2.45) is 4.99 Å². The zero-order chi connectivity index (χ0) is 19.8. The van der Waals surface area contributed by atoms with Crippen LogP contribution in [0.5, 0.6) is 0 Å². The normalized spacial score (nSPS) is 15.0. The summed E-state index contributed by atoms with van der Waals surface area (Å²) in [5.74, 6) is 1.48. The first-order valence-electron chi connectivity index (χ1n) is 10.1. The standard InChI is InChI=1S/C23H30N4O.HI/c1-3-19(20-8-5-4-6-9-20)17-26-23(24-2)25-16-18-11-13-21(14-12-18)27-15-7-10-22(27)28;/h4-6,8-9,11-14,19H,3,7,10,15-17H2,1-2H3,(H2,24,25,26);1H. The Morgan fingerprint density at radius 2 is 1.83 bits per heavy atom. The molecule has 2 aromatic rings. The van der Waals surface area contributed by atoms with Crippen molar-refractivity contribution in [3.63, 3.8) is 0 Å². The van der Waals surface area contributed by atoms with E-state index in [2.05, 4.69) is 65.0 Å². The lowest BCUT2D eigenvalue weighted by Crippen LogP contribution is -2.38. The van der Waals surface area contributed by atoms with E-state index < -0.39 is 0 Å². The van der Waals surface area contributed by atoms with Crippen LogP contribution >= 0.6 is 24.0 Å². The number of amides is 1. The third-order valence-corrected chi connectivity index (χ3v) is 5.28. The molecule has 0 radical (unpaired) electrons. The highest BCUT2D eigenvalue weighted by Gasteiger charge is 2.21. The number of halogens is 1. The molecule has 5 nitrogen and oxygen atoms in total. The zero-order valence-electron chi connectivity index (χ0n) is 17.2. The molecule has 156 valence electrons. The summed E-state index contributed by atoms with van der Waals surface area (Å²) in [7, 11) is 1.79. The average molecular weight is 506 g/mol. The van der Waals surface area contributed by atoms with E-state index in [0.717, 1.165) is 43.1 Å². The van der Waals surface area contributed by atoms with Gasteiger partial charge in [-0.3, -0.25) is 9.79 Å². The van der Waals surface area contributed by atoms with Crippen molar-refractivity contribution in [2.75, 3.05) is 25.0 Å². The average Bonchev–Trinajstić information content (AvgIpc) is 3.17. The van der Waals surface area contributed by atoms with Crippen molar-refractivity contribution >= 4 is 41.5 Å². The summed E-state index contributed by atoms with van der Waals surface area (Å²) in [4.78, 5) is 18.1. The van der Waals surface area contributed by atoms with Gasteiger partial charge in [-0.2, -0.15) is 0 Å². The van der Waals surface area contributed by atoms with E-state index >= 15 is 0 Å². The van der Waals surface area contributed by atoms with Crippen LogP contribution in [0, 0.1) is 0 Å². The highest BCUT2D eigenvalue weighted by atomic mass is 127. The second-order valence-electron chi connectivity index (χ2n) is 7.14. The van der Waals surface area contributed by atoms with E-state index in [-0.39, 0.29) is 29.9 Å². The summed E-state index contributed by atoms with van der Waals surface area (Å²) in [6.07, 6.45) is 2.68. The number of carbonyl (C=O) groups excluding carboxylic acids is 1. The monoisotopic (exact) mass is 506 g/mol. The first kappa shape index (κ1) is 23.2. The smallest absolute Gasteiger partial charge is 0.227 e. The summed E-state index contributed by atoms with van der Waals surface area (Å²) in [5.41, 5.74) is 3.50. The largest absolute Gasteiger partial charge is 0.356 e. The second kappa shape index (κ2) is 11.8. The number of benzene rings is 2. The molecule has 1 unspecified atom stereocenters. The van der Waals surface area contributed by atoms with Crippen LogP contribution in [0.4, 0.5) is 5.69 Å². The van der Waals surface area contributed by atoms with E-state index in [1.165, 1.54) is 5.56 Å². The minimum Gasteiger partial charge on any atom is -0.356 e. The number of hydrogen-bond donors (Lipinski definition) is 2. The lowest BCUT2D eigenvalue weighted by atomic mass is 9.97. The molecule has 1 aliphatic heterocycles. The molecule has 29 heavy (non-hydrogen) atoms. The first-order valence-corrected chi connectivity index (χ1v) is 10.1. The van der Waals surface area contributed by atoms with Crippen LogP contribution in [-0.2, 0) is 11.3 Å². The van der Waals surface area contributed by atoms with Crippen LogP contribution in [0.15, 0.2) is 59.6 Å². The van der Waals surface area contributed by atoms with Crippen LogP contribution < -0.4 is 15.5 Å². The Bertz CT molecular complexity index is 792. The van der Waals surface area contributed by atoms with Gasteiger partial charge in [-0.25, -0.2) is 0 Å². The lowest BCUT2D eigenvalue weighted by molar-refractivity contribution is -0.117.